The largest absolute Gasteiger partial charge is 0.297 e. The monoisotopic (exact) mass is 330 g/mol. The lowest BCUT2D eigenvalue weighted by Crippen LogP contribution is -2.33. The fourth-order valence-electron chi connectivity index (χ4n) is 3.27. The summed E-state index contributed by atoms with van der Waals surface area (Å²) in [4.78, 5) is 2.40. The Morgan fingerprint density at radius 3 is 2.83 bits per heavy atom. The number of piperidine rings is 1. The molecule has 1 N–H and O–H groups in total. The molecule has 1 saturated heterocycles. The Balaban J connectivity index is 1.44. The third kappa shape index (κ3) is 2.72. The zero-order valence-corrected chi connectivity index (χ0v) is 13.8. The van der Waals surface area contributed by atoms with Crippen molar-refractivity contribution in [3.63, 3.8) is 0 Å². The number of aromatic amines is 1. The molecule has 4 heterocycles. The molecule has 120 valence electrons. The summed E-state index contributed by atoms with van der Waals surface area (Å²) in [6.45, 7) is 4.79. The van der Waals surface area contributed by atoms with E-state index in [0.717, 1.165) is 60.4 Å². The first-order valence-electron chi connectivity index (χ1n) is 7.93. The van der Waals surface area contributed by atoms with Crippen LogP contribution < -0.4 is 0 Å². The summed E-state index contributed by atoms with van der Waals surface area (Å²) >= 11 is 6.26. The van der Waals surface area contributed by atoms with Crippen LogP contribution in [0.2, 0.25) is 5.02 Å². The van der Waals surface area contributed by atoms with Gasteiger partial charge in [-0.2, -0.15) is 5.10 Å². The topological polar surface area (TPSA) is 62.1 Å². The number of aromatic nitrogens is 5. The van der Waals surface area contributed by atoms with Gasteiger partial charge in [-0.05, 0) is 45.0 Å². The second-order valence-corrected chi connectivity index (χ2v) is 6.52. The number of rotatable bonds is 3. The average Bonchev–Trinajstić information content (AvgIpc) is 3.14. The van der Waals surface area contributed by atoms with E-state index in [1.165, 1.54) is 0 Å². The molecule has 0 bridgehead atoms. The molecule has 1 aliphatic heterocycles. The van der Waals surface area contributed by atoms with Gasteiger partial charge in [0.25, 0.3) is 0 Å². The van der Waals surface area contributed by atoms with Crippen LogP contribution >= 0.6 is 11.6 Å². The van der Waals surface area contributed by atoms with Crippen molar-refractivity contribution in [3.8, 4) is 0 Å². The van der Waals surface area contributed by atoms with Crippen LogP contribution in [0.5, 0.6) is 0 Å². The van der Waals surface area contributed by atoms with Crippen LogP contribution in [0.3, 0.4) is 0 Å². The van der Waals surface area contributed by atoms with Gasteiger partial charge in [-0.3, -0.25) is 14.4 Å². The van der Waals surface area contributed by atoms with Crippen LogP contribution in [0, 0.1) is 6.92 Å². The SMILES string of the molecule is Cc1[nH]nc(CN2CCC(c3nnc4ccccn34)CC2)c1Cl. The van der Waals surface area contributed by atoms with E-state index < -0.39 is 0 Å². The predicted octanol–water partition coefficient (Wildman–Crippen LogP) is 2.79. The molecule has 0 atom stereocenters. The Hall–Kier alpha value is -1.92. The maximum Gasteiger partial charge on any atom is 0.160 e. The van der Waals surface area contributed by atoms with Gasteiger partial charge in [0.1, 0.15) is 5.82 Å². The van der Waals surface area contributed by atoms with Crippen LogP contribution in [-0.4, -0.2) is 42.8 Å². The van der Waals surface area contributed by atoms with Crippen LogP contribution in [0.1, 0.15) is 36.0 Å². The first-order valence-corrected chi connectivity index (χ1v) is 8.31. The van der Waals surface area contributed by atoms with Crippen LogP contribution in [0.15, 0.2) is 24.4 Å². The highest BCUT2D eigenvalue weighted by atomic mass is 35.5. The molecule has 3 aromatic rings. The zero-order chi connectivity index (χ0) is 15.8. The van der Waals surface area contributed by atoms with Gasteiger partial charge >= 0.3 is 0 Å². The van der Waals surface area contributed by atoms with Gasteiger partial charge in [0, 0.05) is 18.7 Å². The Kier molecular flexibility index (Phi) is 3.79. The maximum atomic E-state index is 6.26. The van der Waals surface area contributed by atoms with E-state index in [2.05, 4.69) is 29.7 Å². The Morgan fingerprint density at radius 1 is 1.26 bits per heavy atom. The fourth-order valence-corrected chi connectivity index (χ4v) is 3.41. The molecule has 0 spiro atoms. The summed E-state index contributed by atoms with van der Waals surface area (Å²) in [6.07, 6.45) is 4.21. The number of nitrogens with zero attached hydrogens (tertiary/aromatic N) is 5. The van der Waals surface area contributed by atoms with E-state index in [-0.39, 0.29) is 0 Å². The lowest BCUT2D eigenvalue weighted by molar-refractivity contribution is 0.199. The minimum absolute atomic E-state index is 0.458. The zero-order valence-electron chi connectivity index (χ0n) is 13.0. The molecule has 0 aromatic carbocycles. The first-order chi connectivity index (χ1) is 11.2. The molecule has 0 amide bonds. The van der Waals surface area contributed by atoms with Crippen LogP contribution in [0.4, 0.5) is 0 Å². The molecular weight excluding hydrogens is 312 g/mol. The van der Waals surface area contributed by atoms with E-state index in [9.17, 15) is 0 Å². The number of halogens is 1. The van der Waals surface area contributed by atoms with Gasteiger partial charge in [-0.1, -0.05) is 17.7 Å². The number of pyridine rings is 1. The summed E-state index contributed by atoms with van der Waals surface area (Å²) in [6, 6.07) is 6.01. The summed E-state index contributed by atoms with van der Waals surface area (Å²) in [5.74, 6) is 1.54. The van der Waals surface area contributed by atoms with Gasteiger partial charge in [-0.25, -0.2) is 0 Å². The van der Waals surface area contributed by atoms with Crippen molar-refractivity contribution in [2.75, 3.05) is 13.1 Å². The number of hydrogen-bond donors (Lipinski definition) is 1. The molecule has 3 aromatic heterocycles. The molecule has 4 rings (SSSR count). The minimum atomic E-state index is 0.458. The lowest BCUT2D eigenvalue weighted by Gasteiger charge is -2.30. The summed E-state index contributed by atoms with van der Waals surface area (Å²) in [7, 11) is 0. The highest BCUT2D eigenvalue weighted by Crippen LogP contribution is 2.28. The van der Waals surface area contributed by atoms with Gasteiger partial charge in [0.2, 0.25) is 0 Å². The van der Waals surface area contributed by atoms with Crippen molar-refractivity contribution in [3.05, 3.63) is 46.6 Å². The van der Waals surface area contributed by atoms with Gasteiger partial charge in [0.15, 0.2) is 5.65 Å². The Morgan fingerprint density at radius 2 is 2.09 bits per heavy atom. The highest BCUT2D eigenvalue weighted by molar-refractivity contribution is 6.31. The van der Waals surface area contributed by atoms with Crippen molar-refractivity contribution < 1.29 is 0 Å². The normalized spacial score (nSPS) is 17.1. The Bertz CT molecular complexity index is 815. The van der Waals surface area contributed by atoms with Crippen LogP contribution in [0.25, 0.3) is 5.65 Å². The van der Waals surface area contributed by atoms with Crippen molar-refractivity contribution in [2.24, 2.45) is 0 Å². The second kappa shape index (κ2) is 5.94. The van der Waals surface area contributed by atoms with Crippen molar-refractivity contribution in [1.82, 2.24) is 29.7 Å². The number of nitrogens with one attached hydrogen (secondary N) is 1. The lowest BCUT2D eigenvalue weighted by atomic mass is 9.96. The molecule has 23 heavy (non-hydrogen) atoms. The summed E-state index contributed by atoms with van der Waals surface area (Å²) in [5, 5.41) is 16.7. The van der Waals surface area contributed by atoms with E-state index in [4.69, 9.17) is 11.6 Å². The van der Waals surface area contributed by atoms with Crippen molar-refractivity contribution >= 4 is 17.2 Å². The number of hydrogen-bond acceptors (Lipinski definition) is 4. The molecule has 1 aliphatic rings. The first kappa shape index (κ1) is 14.7. The molecule has 0 unspecified atom stereocenters. The highest BCUT2D eigenvalue weighted by Gasteiger charge is 2.25. The fraction of sp³-hybridized carbons (Fsp3) is 0.438. The molecule has 0 saturated carbocycles. The molecule has 6 nitrogen and oxygen atoms in total. The number of aryl methyl sites for hydroxylation is 1. The van der Waals surface area contributed by atoms with E-state index in [1.807, 2.05) is 31.3 Å². The van der Waals surface area contributed by atoms with Crippen LogP contribution in [-0.2, 0) is 6.54 Å². The maximum absolute atomic E-state index is 6.26. The Labute approximate surface area is 139 Å². The second-order valence-electron chi connectivity index (χ2n) is 6.15. The minimum Gasteiger partial charge on any atom is -0.297 e. The standard InChI is InChI=1S/C16H19ClN6/c1-11-15(17)13(19-18-11)10-22-8-5-12(6-9-22)16-21-20-14-4-2-3-7-23(14)16/h2-4,7,12H,5-6,8-10H2,1H3,(H,18,19). The molecule has 0 radical (unpaired) electrons. The molecule has 7 heteroatoms. The predicted molar refractivity (Wildman–Crippen MR) is 88.6 cm³/mol. The van der Waals surface area contributed by atoms with Crippen molar-refractivity contribution in [1.29, 1.82) is 0 Å². The van der Waals surface area contributed by atoms with E-state index in [0.29, 0.717) is 5.92 Å². The molecule has 1 fully saturated rings. The molecule has 0 aliphatic carbocycles. The van der Waals surface area contributed by atoms with Gasteiger partial charge < -0.3 is 0 Å². The van der Waals surface area contributed by atoms with E-state index in [1.54, 1.807) is 0 Å². The molecular formula is C16H19ClN6. The average molecular weight is 331 g/mol. The van der Waals surface area contributed by atoms with Gasteiger partial charge in [-0.15, -0.1) is 10.2 Å². The number of likely N-dealkylation sites (tertiary alicyclic amines) is 1. The van der Waals surface area contributed by atoms with Crippen molar-refractivity contribution in [2.45, 2.75) is 32.2 Å². The number of H-pyrrole nitrogens is 1. The third-order valence-corrected chi connectivity index (χ3v) is 5.11. The quantitative estimate of drug-likeness (QED) is 0.802. The van der Waals surface area contributed by atoms with E-state index >= 15 is 0 Å². The summed E-state index contributed by atoms with van der Waals surface area (Å²) < 4.78 is 2.11. The summed E-state index contributed by atoms with van der Waals surface area (Å²) in [5.41, 5.74) is 2.80. The smallest absolute Gasteiger partial charge is 0.160 e. The van der Waals surface area contributed by atoms with Gasteiger partial charge in [0.05, 0.1) is 16.4 Å². The third-order valence-electron chi connectivity index (χ3n) is 4.61. The number of fused-ring (bicyclic) bond motifs is 1.